The Morgan fingerprint density at radius 3 is 2.77 bits per heavy atom. The van der Waals surface area contributed by atoms with E-state index in [1.54, 1.807) is 29.2 Å². The molecule has 0 spiro atoms. The molecule has 1 atom stereocenters. The predicted octanol–water partition coefficient (Wildman–Crippen LogP) is 2.32. The van der Waals surface area contributed by atoms with Gasteiger partial charge in [-0.2, -0.15) is 0 Å². The molecule has 0 saturated heterocycles. The fraction of sp³-hybridized carbons (Fsp3) is 0.133. The van der Waals surface area contributed by atoms with Gasteiger partial charge in [0.15, 0.2) is 0 Å². The first-order valence-electron chi connectivity index (χ1n) is 6.82. The predicted molar refractivity (Wildman–Crippen MR) is 77.4 cm³/mol. The monoisotopic (exact) mass is 294 g/mol. The molecule has 1 aliphatic rings. The van der Waals surface area contributed by atoms with Crippen LogP contribution in [0.15, 0.2) is 53.8 Å². The van der Waals surface area contributed by atoms with E-state index in [1.165, 1.54) is 12.1 Å². The topological polar surface area (TPSA) is 68.8 Å². The highest BCUT2D eigenvalue weighted by atomic mass is 19.1. The second-order valence-electron chi connectivity index (χ2n) is 5.00. The van der Waals surface area contributed by atoms with Crippen molar-refractivity contribution in [2.75, 3.05) is 0 Å². The summed E-state index contributed by atoms with van der Waals surface area (Å²) < 4.78 is 14.8. The summed E-state index contributed by atoms with van der Waals surface area (Å²) in [7, 11) is 0. The van der Waals surface area contributed by atoms with Crippen LogP contribution in [0.2, 0.25) is 0 Å². The lowest BCUT2D eigenvalue weighted by Gasteiger charge is -2.22. The molecule has 108 valence electrons. The van der Waals surface area contributed by atoms with E-state index in [0.29, 0.717) is 12.4 Å². The van der Waals surface area contributed by atoms with Gasteiger partial charge >= 0.3 is 0 Å². The van der Waals surface area contributed by atoms with Crippen LogP contribution in [0.5, 0.6) is 0 Å². The van der Waals surface area contributed by atoms with Crippen LogP contribution in [-0.4, -0.2) is 30.9 Å². The molecule has 3 heterocycles. The lowest BCUT2D eigenvalue weighted by atomic mass is 9.97. The lowest BCUT2D eigenvalue weighted by molar-refractivity contribution is 0.513. The minimum Gasteiger partial charge on any atom is -0.264 e. The van der Waals surface area contributed by atoms with Crippen molar-refractivity contribution in [3.8, 4) is 0 Å². The Morgan fingerprint density at radius 2 is 2.00 bits per heavy atom. The highest BCUT2D eigenvalue weighted by Gasteiger charge is 2.26. The Morgan fingerprint density at radius 1 is 1.14 bits per heavy atom. The van der Waals surface area contributed by atoms with Gasteiger partial charge in [-0.3, -0.25) is 4.98 Å². The van der Waals surface area contributed by atoms with E-state index in [9.17, 15) is 4.39 Å². The van der Waals surface area contributed by atoms with Crippen molar-refractivity contribution in [1.29, 1.82) is 0 Å². The average Bonchev–Trinajstić information content (AvgIpc) is 3.04. The van der Waals surface area contributed by atoms with Gasteiger partial charge < -0.3 is 0 Å². The zero-order valence-corrected chi connectivity index (χ0v) is 11.5. The number of benzene rings is 1. The number of tetrazole rings is 1. The fourth-order valence-corrected chi connectivity index (χ4v) is 2.56. The van der Waals surface area contributed by atoms with Crippen LogP contribution in [0.25, 0.3) is 0 Å². The molecule has 0 N–H and O–H groups in total. The summed E-state index contributed by atoms with van der Waals surface area (Å²) in [6.45, 7) is 0. The molecule has 3 aromatic rings. The first kappa shape index (κ1) is 12.8. The maximum Gasteiger partial charge on any atom is 0.269 e. The second kappa shape index (κ2) is 5.10. The van der Waals surface area contributed by atoms with Gasteiger partial charge in [-0.1, -0.05) is 23.3 Å². The molecule has 0 aliphatic carbocycles. The molecular formula is C15H11FN6. The number of pyridine rings is 1. The van der Waals surface area contributed by atoms with Gasteiger partial charge in [-0.15, -0.1) is 0 Å². The second-order valence-corrected chi connectivity index (χ2v) is 5.00. The van der Waals surface area contributed by atoms with Crippen molar-refractivity contribution in [3.05, 3.63) is 65.7 Å². The molecule has 22 heavy (non-hydrogen) atoms. The molecule has 1 unspecified atom stereocenters. The molecule has 0 amide bonds. The molecule has 0 saturated carbocycles. The summed E-state index contributed by atoms with van der Waals surface area (Å²) in [5.41, 5.74) is 2.74. The molecule has 4 rings (SSSR count). The van der Waals surface area contributed by atoms with Gasteiger partial charge in [-0.05, 0) is 34.2 Å². The quantitative estimate of drug-likeness (QED) is 0.727. The zero-order valence-electron chi connectivity index (χ0n) is 11.5. The van der Waals surface area contributed by atoms with Crippen molar-refractivity contribution in [3.63, 3.8) is 0 Å². The summed E-state index contributed by atoms with van der Waals surface area (Å²) in [6.07, 6.45) is 4.10. The van der Waals surface area contributed by atoms with Crippen molar-refractivity contribution in [1.82, 2.24) is 25.2 Å². The van der Waals surface area contributed by atoms with Crippen LogP contribution >= 0.6 is 0 Å². The van der Waals surface area contributed by atoms with Crippen LogP contribution in [-0.2, 0) is 0 Å². The number of rotatable bonds is 2. The van der Waals surface area contributed by atoms with Crippen molar-refractivity contribution < 1.29 is 4.39 Å². The number of nitrogens with zero attached hydrogens (tertiary/aromatic N) is 6. The van der Waals surface area contributed by atoms with E-state index in [2.05, 4.69) is 25.5 Å². The van der Waals surface area contributed by atoms with Crippen LogP contribution in [0.4, 0.5) is 10.3 Å². The van der Waals surface area contributed by atoms with E-state index < -0.39 is 0 Å². The van der Waals surface area contributed by atoms with Crippen molar-refractivity contribution in [2.24, 2.45) is 4.99 Å². The number of halogens is 1. The number of hydrogen-bond donors (Lipinski definition) is 0. The van der Waals surface area contributed by atoms with Gasteiger partial charge in [0.1, 0.15) is 5.82 Å². The molecule has 0 radical (unpaired) electrons. The van der Waals surface area contributed by atoms with Crippen LogP contribution in [0.1, 0.15) is 23.6 Å². The number of aliphatic imine (C=N–C) groups is 1. The first-order chi connectivity index (χ1) is 10.8. The summed E-state index contributed by atoms with van der Waals surface area (Å²) >= 11 is 0. The van der Waals surface area contributed by atoms with Gasteiger partial charge in [0, 0.05) is 24.4 Å². The smallest absolute Gasteiger partial charge is 0.264 e. The molecule has 0 fully saturated rings. The fourth-order valence-electron chi connectivity index (χ4n) is 2.56. The van der Waals surface area contributed by atoms with E-state index in [0.717, 1.165) is 16.8 Å². The SMILES string of the molecule is Fc1ccc(C2CC(c3cccnc3)=Nc3nnnn32)cc1. The van der Waals surface area contributed by atoms with Crippen molar-refractivity contribution in [2.45, 2.75) is 12.5 Å². The largest absolute Gasteiger partial charge is 0.269 e. The molecule has 2 aromatic heterocycles. The number of hydrogen-bond acceptors (Lipinski definition) is 5. The molecule has 1 aromatic carbocycles. The van der Waals surface area contributed by atoms with E-state index in [4.69, 9.17) is 0 Å². The Labute approximate surface area is 125 Å². The van der Waals surface area contributed by atoms with Gasteiger partial charge in [0.25, 0.3) is 5.95 Å². The molecule has 0 bridgehead atoms. The third-order valence-electron chi connectivity index (χ3n) is 3.64. The van der Waals surface area contributed by atoms with E-state index in [-0.39, 0.29) is 11.9 Å². The van der Waals surface area contributed by atoms with Gasteiger partial charge in [0.05, 0.1) is 11.8 Å². The highest BCUT2D eigenvalue weighted by Crippen LogP contribution is 2.31. The van der Waals surface area contributed by atoms with Crippen LogP contribution < -0.4 is 0 Å². The normalized spacial score (nSPS) is 17.0. The van der Waals surface area contributed by atoms with E-state index in [1.807, 2.05) is 12.1 Å². The van der Waals surface area contributed by atoms with Gasteiger partial charge in [-0.25, -0.2) is 14.1 Å². The highest BCUT2D eigenvalue weighted by molar-refractivity contribution is 6.02. The maximum atomic E-state index is 13.2. The average molecular weight is 294 g/mol. The number of fused-ring (bicyclic) bond motifs is 1. The Bertz CT molecular complexity index is 825. The third kappa shape index (κ3) is 2.16. The van der Waals surface area contributed by atoms with Crippen molar-refractivity contribution >= 4 is 11.7 Å². The van der Waals surface area contributed by atoms with E-state index >= 15 is 0 Å². The first-order valence-corrected chi connectivity index (χ1v) is 6.82. The Hall–Kier alpha value is -2.96. The minimum atomic E-state index is -0.266. The summed E-state index contributed by atoms with van der Waals surface area (Å²) in [4.78, 5) is 8.62. The molecule has 7 heteroatoms. The standard InChI is InChI=1S/C15H11FN6/c16-12-5-3-10(4-6-12)14-8-13(11-2-1-7-17-9-11)18-15-19-20-21-22(14)15/h1-7,9,14H,8H2. The van der Waals surface area contributed by atoms with Crippen LogP contribution in [0, 0.1) is 5.82 Å². The Balaban J connectivity index is 1.79. The molecule has 1 aliphatic heterocycles. The summed E-state index contributed by atoms with van der Waals surface area (Å²) in [5.74, 6) is 0.178. The molecular weight excluding hydrogens is 283 g/mol. The summed E-state index contributed by atoms with van der Waals surface area (Å²) in [5, 5.41) is 11.6. The molecule has 6 nitrogen and oxygen atoms in total. The zero-order chi connectivity index (χ0) is 14.9. The maximum absolute atomic E-state index is 13.2. The lowest BCUT2D eigenvalue weighted by Crippen LogP contribution is -2.21. The Kier molecular flexibility index (Phi) is 2.96. The third-order valence-corrected chi connectivity index (χ3v) is 3.64. The van der Waals surface area contributed by atoms with Gasteiger partial charge in [0.2, 0.25) is 0 Å². The number of aromatic nitrogens is 5. The summed E-state index contributed by atoms with van der Waals surface area (Å²) in [6, 6.07) is 10.1. The minimum absolute atomic E-state index is 0.113. The van der Waals surface area contributed by atoms with Crippen LogP contribution in [0.3, 0.4) is 0 Å².